The molecule has 1 aromatic heterocycles. The Labute approximate surface area is 117 Å². The molecule has 2 heterocycles. The first-order valence-corrected chi connectivity index (χ1v) is 6.89. The lowest BCUT2D eigenvalue weighted by atomic mass is 10.1. The Morgan fingerprint density at radius 2 is 2.30 bits per heavy atom. The van der Waals surface area contributed by atoms with Crippen LogP contribution in [0, 0.1) is 0 Å². The summed E-state index contributed by atoms with van der Waals surface area (Å²) in [5.74, 6) is -1.08. The number of ether oxygens (including phenoxy) is 1. The third-order valence-electron chi connectivity index (χ3n) is 3.42. The van der Waals surface area contributed by atoms with Crippen LogP contribution in [0.1, 0.15) is 30.3 Å². The molecule has 1 N–H and O–H groups in total. The van der Waals surface area contributed by atoms with Crippen LogP contribution in [-0.4, -0.2) is 52.3 Å². The molecular weight excluding hydrogens is 260 g/mol. The van der Waals surface area contributed by atoms with Crippen molar-refractivity contribution < 1.29 is 19.4 Å². The molecule has 6 nitrogen and oxygen atoms in total. The highest BCUT2D eigenvalue weighted by Gasteiger charge is 2.26. The minimum atomic E-state index is -0.957. The summed E-state index contributed by atoms with van der Waals surface area (Å²) in [4.78, 5) is 25.0. The van der Waals surface area contributed by atoms with Crippen molar-refractivity contribution in [2.45, 2.75) is 32.4 Å². The van der Waals surface area contributed by atoms with E-state index in [-0.39, 0.29) is 18.6 Å². The number of hydrogen-bond acceptors (Lipinski definition) is 3. The fraction of sp³-hybridized carbons (Fsp3) is 0.571. The molecule has 6 heteroatoms. The van der Waals surface area contributed by atoms with Crippen LogP contribution in [0.2, 0.25) is 0 Å². The second-order valence-corrected chi connectivity index (χ2v) is 4.89. The average Bonchev–Trinajstić information content (AvgIpc) is 2.86. The first kappa shape index (κ1) is 14.6. The van der Waals surface area contributed by atoms with Gasteiger partial charge in [0.05, 0.1) is 6.10 Å². The van der Waals surface area contributed by atoms with Crippen molar-refractivity contribution in [1.29, 1.82) is 0 Å². The number of carbonyl (C=O) groups excluding carboxylic acids is 1. The SMILES string of the molecule is CCOC1CCCN(C(=O)c2cccn2CC(=O)O)C1. The Morgan fingerprint density at radius 3 is 3.00 bits per heavy atom. The highest BCUT2D eigenvalue weighted by molar-refractivity contribution is 5.93. The van der Waals surface area contributed by atoms with Crippen LogP contribution in [0.15, 0.2) is 18.3 Å². The van der Waals surface area contributed by atoms with Gasteiger partial charge in [0.25, 0.3) is 5.91 Å². The molecule has 0 spiro atoms. The highest BCUT2D eigenvalue weighted by Crippen LogP contribution is 2.16. The number of aromatic nitrogens is 1. The van der Waals surface area contributed by atoms with Gasteiger partial charge in [-0.2, -0.15) is 0 Å². The fourth-order valence-corrected chi connectivity index (χ4v) is 2.55. The van der Waals surface area contributed by atoms with E-state index in [1.807, 2.05) is 6.92 Å². The summed E-state index contributed by atoms with van der Waals surface area (Å²) in [6.45, 7) is 3.66. The molecule has 1 fully saturated rings. The maximum atomic E-state index is 12.5. The molecule has 20 heavy (non-hydrogen) atoms. The van der Waals surface area contributed by atoms with E-state index in [0.29, 0.717) is 25.4 Å². The number of carboxylic acid groups (broad SMARTS) is 1. The predicted molar refractivity (Wildman–Crippen MR) is 72.6 cm³/mol. The van der Waals surface area contributed by atoms with Crippen LogP contribution in [0.25, 0.3) is 0 Å². The molecule has 1 amide bonds. The van der Waals surface area contributed by atoms with Gasteiger partial charge >= 0.3 is 5.97 Å². The zero-order valence-corrected chi connectivity index (χ0v) is 11.6. The molecule has 0 saturated carbocycles. The number of amides is 1. The number of nitrogens with zero attached hydrogens (tertiary/aromatic N) is 2. The van der Waals surface area contributed by atoms with Crippen molar-refractivity contribution in [3.63, 3.8) is 0 Å². The monoisotopic (exact) mass is 280 g/mol. The van der Waals surface area contributed by atoms with Gasteiger partial charge in [0.2, 0.25) is 0 Å². The number of hydrogen-bond donors (Lipinski definition) is 1. The lowest BCUT2D eigenvalue weighted by molar-refractivity contribution is -0.137. The van der Waals surface area contributed by atoms with Crippen LogP contribution in [-0.2, 0) is 16.1 Å². The Bertz CT molecular complexity index is 481. The van der Waals surface area contributed by atoms with E-state index in [1.54, 1.807) is 23.2 Å². The van der Waals surface area contributed by atoms with Crippen molar-refractivity contribution in [3.8, 4) is 0 Å². The quantitative estimate of drug-likeness (QED) is 0.880. The summed E-state index contributed by atoms with van der Waals surface area (Å²) in [5.41, 5.74) is 0.421. The van der Waals surface area contributed by atoms with Gasteiger partial charge < -0.3 is 19.3 Å². The van der Waals surface area contributed by atoms with Crippen LogP contribution < -0.4 is 0 Å². The normalized spacial score (nSPS) is 19.1. The van der Waals surface area contributed by atoms with E-state index in [0.717, 1.165) is 12.8 Å². The number of likely N-dealkylation sites (tertiary alicyclic amines) is 1. The third kappa shape index (κ3) is 3.39. The van der Waals surface area contributed by atoms with Crippen LogP contribution >= 0.6 is 0 Å². The summed E-state index contributed by atoms with van der Waals surface area (Å²) in [5, 5.41) is 8.85. The molecule has 0 bridgehead atoms. The molecule has 1 saturated heterocycles. The van der Waals surface area contributed by atoms with E-state index in [1.165, 1.54) is 4.57 Å². The molecule has 0 aliphatic carbocycles. The molecule has 1 atom stereocenters. The molecule has 1 aromatic rings. The van der Waals surface area contributed by atoms with Gasteiger partial charge in [-0.05, 0) is 31.9 Å². The smallest absolute Gasteiger partial charge is 0.323 e. The molecule has 0 radical (unpaired) electrons. The molecule has 1 unspecified atom stereocenters. The number of piperidine rings is 1. The summed E-state index contributed by atoms with van der Waals surface area (Å²) in [6.07, 6.45) is 3.58. The maximum absolute atomic E-state index is 12.5. The fourth-order valence-electron chi connectivity index (χ4n) is 2.55. The molecular formula is C14H20N2O4. The van der Waals surface area contributed by atoms with E-state index in [9.17, 15) is 9.59 Å². The first-order valence-electron chi connectivity index (χ1n) is 6.89. The van der Waals surface area contributed by atoms with Gasteiger partial charge in [-0.15, -0.1) is 0 Å². The highest BCUT2D eigenvalue weighted by atomic mass is 16.5. The largest absolute Gasteiger partial charge is 0.480 e. The lowest BCUT2D eigenvalue weighted by Crippen LogP contribution is -2.43. The van der Waals surface area contributed by atoms with Gasteiger partial charge in [-0.25, -0.2) is 0 Å². The summed E-state index contributed by atoms with van der Waals surface area (Å²) < 4.78 is 7.05. The standard InChI is InChI=1S/C14H20N2O4/c1-2-20-11-5-3-8-16(9-11)14(19)12-6-4-7-15(12)10-13(17)18/h4,6-7,11H,2-3,5,8-10H2,1H3,(H,17,18). The Morgan fingerprint density at radius 1 is 1.50 bits per heavy atom. The van der Waals surface area contributed by atoms with Gasteiger partial charge in [0.1, 0.15) is 12.2 Å². The zero-order chi connectivity index (χ0) is 14.5. The molecule has 2 rings (SSSR count). The number of aliphatic carboxylic acids is 1. The summed E-state index contributed by atoms with van der Waals surface area (Å²) in [7, 11) is 0. The van der Waals surface area contributed by atoms with Crippen LogP contribution in [0.3, 0.4) is 0 Å². The Balaban J connectivity index is 2.07. The van der Waals surface area contributed by atoms with Gasteiger partial charge in [0.15, 0.2) is 0 Å². The van der Waals surface area contributed by atoms with Crippen LogP contribution in [0.4, 0.5) is 0 Å². The third-order valence-corrected chi connectivity index (χ3v) is 3.42. The maximum Gasteiger partial charge on any atom is 0.323 e. The Kier molecular flexibility index (Phi) is 4.79. The topological polar surface area (TPSA) is 71.8 Å². The molecule has 1 aliphatic rings. The second kappa shape index (κ2) is 6.56. The van der Waals surface area contributed by atoms with Gasteiger partial charge in [-0.1, -0.05) is 0 Å². The number of rotatable bonds is 5. The van der Waals surface area contributed by atoms with Gasteiger partial charge in [0, 0.05) is 25.9 Å². The van der Waals surface area contributed by atoms with Gasteiger partial charge in [-0.3, -0.25) is 9.59 Å². The van der Waals surface area contributed by atoms with E-state index >= 15 is 0 Å². The zero-order valence-electron chi connectivity index (χ0n) is 11.6. The number of carbonyl (C=O) groups is 2. The van der Waals surface area contributed by atoms with Crippen LogP contribution in [0.5, 0.6) is 0 Å². The van der Waals surface area contributed by atoms with Crippen molar-refractivity contribution in [3.05, 3.63) is 24.0 Å². The number of carboxylic acids is 1. The Hall–Kier alpha value is -1.82. The van der Waals surface area contributed by atoms with E-state index in [4.69, 9.17) is 9.84 Å². The average molecular weight is 280 g/mol. The lowest BCUT2D eigenvalue weighted by Gasteiger charge is -2.32. The summed E-state index contributed by atoms with van der Waals surface area (Å²) in [6, 6.07) is 3.36. The second-order valence-electron chi connectivity index (χ2n) is 4.89. The minimum absolute atomic E-state index is 0.0839. The molecule has 110 valence electrons. The van der Waals surface area contributed by atoms with E-state index < -0.39 is 5.97 Å². The first-order chi connectivity index (χ1) is 9.61. The van der Waals surface area contributed by atoms with E-state index in [2.05, 4.69) is 0 Å². The van der Waals surface area contributed by atoms with Crippen molar-refractivity contribution in [2.24, 2.45) is 0 Å². The summed E-state index contributed by atoms with van der Waals surface area (Å²) >= 11 is 0. The van der Waals surface area contributed by atoms with Crippen molar-refractivity contribution in [1.82, 2.24) is 9.47 Å². The molecule has 1 aliphatic heterocycles. The predicted octanol–water partition coefficient (Wildman–Crippen LogP) is 1.21. The minimum Gasteiger partial charge on any atom is -0.480 e. The van der Waals surface area contributed by atoms with Crippen molar-refractivity contribution in [2.75, 3.05) is 19.7 Å². The van der Waals surface area contributed by atoms with Crippen molar-refractivity contribution >= 4 is 11.9 Å². The molecule has 0 aromatic carbocycles.